The van der Waals surface area contributed by atoms with Crippen LogP contribution in [0.3, 0.4) is 0 Å². The number of halogens is 1. The van der Waals surface area contributed by atoms with Gasteiger partial charge in [-0.05, 0) is 37.6 Å². The van der Waals surface area contributed by atoms with E-state index in [0.717, 1.165) is 12.8 Å². The van der Waals surface area contributed by atoms with E-state index < -0.39 is 0 Å². The second-order valence-corrected chi connectivity index (χ2v) is 4.44. The summed E-state index contributed by atoms with van der Waals surface area (Å²) in [6.45, 7) is 4.12. The van der Waals surface area contributed by atoms with E-state index in [4.69, 9.17) is 16.3 Å². The Kier molecular flexibility index (Phi) is 5.84. The number of ether oxygens (including phenoxy) is 1. The van der Waals surface area contributed by atoms with Crippen LogP contribution in [0.5, 0.6) is 5.75 Å². The molecule has 94 valence electrons. The molecule has 0 aliphatic carbocycles. The number of hydrogen-bond donors (Lipinski definition) is 1. The number of carbonyl (C=O) groups excluding carboxylic acids is 1. The largest absolute Gasteiger partial charge is 0.484 e. The zero-order valence-electron chi connectivity index (χ0n) is 10.2. The Morgan fingerprint density at radius 2 is 2.06 bits per heavy atom. The Balaban J connectivity index is 2.30. The molecular weight excluding hydrogens is 238 g/mol. The Morgan fingerprint density at radius 3 is 2.65 bits per heavy atom. The molecule has 0 spiro atoms. The lowest BCUT2D eigenvalue weighted by Gasteiger charge is -2.13. The molecule has 0 saturated heterocycles. The molecule has 0 aliphatic rings. The van der Waals surface area contributed by atoms with Gasteiger partial charge in [0.1, 0.15) is 5.75 Å². The number of nitrogens with one attached hydrogen (secondary N) is 1. The average Bonchev–Trinajstić information content (AvgIpc) is 2.28. The molecule has 17 heavy (non-hydrogen) atoms. The fourth-order valence-electron chi connectivity index (χ4n) is 1.50. The highest BCUT2D eigenvalue weighted by Gasteiger charge is 2.06. The molecule has 4 heteroatoms. The van der Waals surface area contributed by atoms with Gasteiger partial charge in [0.15, 0.2) is 6.61 Å². The smallest absolute Gasteiger partial charge is 0.258 e. The van der Waals surface area contributed by atoms with E-state index in [1.807, 2.05) is 6.92 Å². The van der Waals surface area contributed by atoms with Crippen molar-refractivity contribution in [2.24, 2.45) is 0 Å². The molecule has 0 aromatic heterocycles. The lowest BCUT2D eigenvalue weighted by Crippen LogP contribution is -2.35. The normalized spacial score (nSPS) is 11.9. The van der Waals surface area contributed by atoms with Gasteiger partial charge in [0.05, 0.1) is 0 Å². The van der Waals surface area contributed by atoms with Crippen molar-refractivity contribution >= 4 is 17.5 Å². The summed E-state index contributed by atoms with van der Waals surface area (Å²) in [4.78, 5) is 11.5. The van der Waals surface area contributed by atoms with Crippen LogP contribution < -0.4 is 10.1 Å². The summed E-state index contributed by atoms with van der Waals surface area (Å²) in [6, 6.07) is 7.14. The van der Waals surface area contributed by atoms with Gasteiger partial charge in [0.25, 0.3) is 5.91 Å². The van der Waals surface area contributed by atoms with E-state index in [1.54, 1.807) is 24.3 Å². The van der Waals surface area contributed by atoms with Gasteiger partial charge >= 0.3 is 0 Å². The Labute approximate surface area is 107 Å². The third-order valence-corrected chi connectivity index (χ3v) is 2.56. The molecule has 0 aliphatic heterocycles. The van der Waals surface area contributed by atoms with Crippen molar-refractivity contribution in [2.45, 2.75) is 32.7 Å². The molecule has 1 atom stereocenters. The van der Waals surface area contributed by atoms with E-state index in [2.05, 4.69) is 12.2 Å². The van der Waals surface area contributed by atoms with Crippen LogP contribution in [0.1, 0.15) is 26.7 Å². The summed E-state index contributed by atoms with van der Waals surface area (Å²) < 4.78 is 5.33. The molecular formula is C13H18ClNO2. The van der Waals surface area contributed by atoms with Crippen LogP contribution in [-0.4, -0.2) is 18.6 Å². The van der Waals surface area contributed by atoms with Gasteiger partial charge < -0.3 is 10.1 Å². The van der Waals surface area contributed by atoms with Gasteiger partial charge in [-0.25, -0.2) is 0 Å². The van der Waals surface area contributed by atoms with Gasteiger partial charge in [-0.3, -0.25) is 4.79 Å². The van der Waals surface area contributed by atoms with E-state index in [9.17, 15) is 4.79 Å². The van der Waals surface area contributed by atoms with Gasteiger partial charge in [-0.15, -0.1) is 0 Å². The summed E-state index contributed by atoms with van der Waals surface area (Å²) in [5, 5.41) is 3.52. The molecule has 0 fully saturated rings. The number of benzene rings is 1. The molecule has 0 heterocycles. The Morgan fingerprint density at radius 1 is 1.41 bits per heavy atom. The van der Waals surface area contributed by atoms with E-state index in [0.29, 0.717) is 10.8 Å². The predicted molar refractivity (Wildman–Crippen MR) is 69.5 cm³/mol. The molecule has 0 saturated carbocycles. The van der Waals surface area contributed by atoms with Crippen molar-refractivity contribution in [3.05, 3.63) is 29.3 Å². The van der Waals surface area contributed by atoms with Gasteiger partial charge in [0.2, 0.25) is 0 Å². The first-order valence-electron chi connectivity index (χ1n) is 5.79. The molecule has 0 unspecified atom stereocenters. The quantitative estimate of drug-likeness (QED) is 0.849. The fraction of sp³-hybridized carbons (Fsp3) is 0.462. The van der Waals surface area contributed by atoms with Crippen LogP contribution in [0.15, 0.2) is 24.3 Å². The number of carbonyl (C=O) groups is 1. The highest BCUT2D eigenvalue weighted by Crippen LogP contribution is 2.15. The second-order valence-electron chi connectivity index (χ2n) is 4.00. The number of hydrogen-bond acceptors (Lipinski definition) is 2. The van der Waals surface area contributed by atoms with Crippen LogP contribution >= 0.6 is 11.6 Å². The maximum absolute atomic E-state index is 11.5. The SMILES string of the molecule is CCC[C@H](C)NC(=O)COc1ccc(Cl)cc1. The third kappa shape index (κ3) is 5.59. The molecule has 1 rings (SSSR count). The van der Waals surface area contributed by atoms with Crippen molar-refractivity contribution in [2.75, 3.05) is 6.61 Å². The zero-order chi connectivity index (χ0) is 12.7. The van der Waals surface area contributed by atoms with Crippen LogP contribution in [0.2, 0.25) is 5.02 Å². The number of rotatable bonds is 6. The van der Waals surface area contributed by atoms with Crippen molar-refractivity contribution in [3.63, 3.8) is 0 Å². The third-order valence-electron chi connectivity index (χ3n) is 2.31. The highest BCUT2D eigenvalue weighted by molar-refractivity contribution is 6.30. The summed E-state index contributed by atoms with van der Waals surface area (Å²) in [5.74, 6) is 0.550. The topological polar surface area (TPSA) is 38.3 Å². The average molecular weight is 256 g/mol. The molecule has 1 aromatic rings. The summed E-state index contributed by atoms with van der Waals surface area (Å²) >= 11 is 5.74. The zero-order valence-corrected chi connectivity index (χ0v) is 11.0. The molecule has 1 aromatic carbocycles. The van der Waals surface area contributed by atoms with Crippen LogP contribution in [-0.2, 0) is 4.79 Å². The molecule has 1 N–H and O–H groups in total. The van der Waals surface area contributed by atoms with Crippen molar-refractivity contribution in [3.8, 4) is 5.75 Å². The van der Waals surface area contributed by atoms with E-state index in [1.165, 1.54) is 0 Å². The minimum absolute atomic E-state index is 0.0374. The van der Waals surface area contributed by atoms with Crippen molar-refractivity contribution in [1.29, 1.82) is 0 Å². The van der Waals surface area contributed by atoms with E-state index >= 15 is 0 Å². The van der Waals surface area contributed by atoms with Crippen molar-refractivity contribution < 1.29 is 9.53 Å². The first kappa shape index (κ1) is 13.8. The lowest BCUT2D eigenvalue weighted by molar-refractivity contribution is -0.123. The predicted octanol–water partition coefficient (Wildman–Crippen LogP) is 3.02. The van der Waals surface area contributed by atoms with Crippen molar-refractivity contribution in [1.82, 2.24) is 5.32 Å². The molecule has 0 radical (unpaired) electrons. The van der Waals surface area contributed by atoms with Gasteiger partial charge in [-0.1, -0.05) is 24.9 Å². The maximum Gasteiger partial charge on any atom is 0.258 e. The minimum atomic E-state index is -0.0964. The fourth-order valence-corrected chi connectivity index (χ4v) is 1.63. The maximum atomic E-state index is 11.5. The standard InChI is InChI=1S/C13H18ClNO2/c1-3-4-10(2)15-13(16)9-17-12-7-5-11(14)6-8-12/h5-8,10H,3-4,9H2,1-2H3,(H,15,16)/t10-/m0/s1. The number of amides is 1. The van der Waals surface area contributed by atoms with Crippen LogP contribution in [0.4, 0.5) is 0 Å². The lowest BCUT2D eigenvalue weighted by atomic mass is 10.2. The minimum Gasteiger partial charge on any atom is -0.484 e. The Bertz CT molecular complexity index is 351. The van der Waals surface area contributed by atoms with Crippen LogP contribution in [0, 0.1) is 0 Å². The monoisotopic (exact) mass is 255 g/mol. The first-order chi connectivity index (χ1) is 8.11. The first-order valence-corrected chi connectivity index (χ1v) is 6.17. The summed E-state index contributed by atoms with van der Waals surface area (Å²) in [7, 11) is 0. The van der Waals surface area contributed by atoms with Gasteiger partial charge in [0, 0.05) is 11.1 Å². The van der Waals surface area contributed by atoms with Gasteiger partial charge in [-0.2, -0.15) is 0 Å². The van der Waals surface area contributed by atoms with E-state index in [-0.39, 0.29) is 18.6 Å². The molecule has 1 amide bonds. The molecule has 0 bridgehead atoms. The highest BCUT2D eigenvalue weighted by atomic mass is 35.5. The second kappa shape index (κ2) is 7.17. The Hall–Kier alpha value is -1.22. The van der Waals surface area contributed by atoms with Crippen LogP contribution in [0.25, 0.3) is 0 Å². The summed E-state index contributed by atoms with van der Waals surface area (Å²) in [6.07, 6.45) is 2.03. The molecule has 3 nitrogen and oxygen atoms in total. The summed E-state index contributed by atoms with van der Waals surface area (Å²) in [5.41, 5.74) is 0.